The second-order valence-electron chi connectivity index (χ2n) is 7.05. The number of thioether (sulfide) groups is 1. The number of thiophene rings is 1. The third-order valence-corrected chi connectivity index (χ3v) is 6.52. The van der Waals surface area contributed by atoms with E-state index in [1.165, 1.54) is 23.1 Å². The van der Waals surface area contributed by atoms with E-state index in [1.54, 1.807) is 6.92 Å². The number of amidine groups is 1. The lowest BCUT2D eigenvalue weighted by molar-refractivity contribution is 0.0981. The molecular weight excluding hydrogens is 420 g/mol. The molecule has 30 heavy (non-hydrogen) atoms. The number of H-pyrrole nitrogens is 1. The fourth-order valence-corrected chi connectivity index (χ4v) is 4.92. The van der Waals surface area contributed by atoms with Crippen molar-refractivity contribution < 1.29 is 4.79 Å². The Labute approximate surface area is 181 Å². The first kappa shape index (κ1) is 20.5. The zero-order chi connectivity index (χ0) is 21.3. The van der Waals surface area contributed by atoms with Crippen LogP contribution in [0.2, 0.25) is 0 Å². The van der Waals surface area contributed by atoms with E-state index in [-0.39, 0.29) is 11.5 Å². The number of hydrogen-bond acceptors (Lipinski definition) is 8. The maximum atomic E-state index is 12.8. The van der Waals surface area contributed by atoms with Gasteiger partial charge in [0.25, 0.3) is 11.5 Å². The number of carbonyl (C=O) groups excluding carboxylic acids is 1. The Morgan fingerprint density at radius 2 is 2.00 bits per heavy atom. The molecule has 2 N–H and O–H groups in total. The summed E-state index contributed by atoms with van der Waals surface area (Å²) in [6, 6.07) is 9.81. The molecule has 8 nitrogen and oxygen atoms in total. The van der Waals surface area contributed by atoms with Crippen molar-refractivity contribution >= 4 is 50.1 Å². The van der Waals surface area contributed by atoms with Gasteiger partial charge in [-0.05, 0) is 32.1 Å². The molecule has 2 aromatic heterocycles. The van der Waals surface area contributed by atoms with E-state index in [0.29, 0.717) is 43.9 Å². The second kappa shape index (κ2) is 8.50. The number of aromatic nitrogens is 2. The Morgan fingerprint density at radius 3 is 2.67 bits per heavy atom. The van der Waals surface area contributed by atoms with Crippen molar-refractivity contribution in [3.8, 4) is 0 Å². The van der Waals surface area contributed by atoms with E-state index in [2.05, 4.69) is 25.5 Å². The summed E-state index contributed by atoms with van der Waals surface area (Å²) >= 11 is 2.63. The molecule has 4 rings (SSSR count). The lowest BCUT2D eigenvalue weighted by Gasteiger charge is -2.12. The minimum atomic E-state index is -0.311. The molecule has 0 bridgehead atoms. The average molecular weight is 441 g/mol. The molecular formula is C20H20N6O2S2. The number of aromatic amines is 1. The summed E-state index contributed by atoms with van der Waals surface area (Å²) in [5, 5.41) is 12.1. The number of fused-ring (bicyclic) bond motifs is 1. The number of amides is 1. The summed E-state index contributed by atoms with van der Waals surface area (Å²) in [6.07, 6.45) is 0. The van der Waals surface area contributed by atoms with Crippen LogP contribution in [-0.2, 0) is 6.54 Å². The van der Waals surface area contributed by atoms with Crippen molar-refractivity contribution in [2.45, 2.75) is 13.5 Å². The number of rotatable bonds is 4. The third-order valence-electron chi connectivity index (χ3n) is 4.46. The van der Waals surface area contributed by atoms with Gasteiger partial charge in [-0.3, -0.25) is 14.9 Å². The van der Waals surface area contributed by atoms with Gasteiger partial charge in [-0.25, -0.2) is 4.98 Å². The average Bonchev–Trinajstić information content (AvgIpc) is 3.05. The SMILES string of the molecule is Cc1c(C(=O)NC2=NN=C(c3ccccc3)CS2)sc2nc(CN(C)C)[nH]c(=O)c12. The Balaban J connectivity index is 1.57. The van der Waals surface area contributed by atoms with Crippen LogP contribution in [0.3, 0.4) is 0 Å². The van der Waals surface area contributed by atoms with Crippen LogP contribution in [0.5, 0.6) is 0 Å². The van der Waals surface area contributed by atoms with E-state index < -0.39 is 0 Å². The molecule has 3 heterocycles. The molecule has 1 aliphatic heterocycles. The van der Waals surface area contributed by atoms with Gasteiger partial charge >= 0.3 is 0 Å². The number of hydrogen-bond donors (Lipinski definition) is 2. The summed E-state index contributed by atoms with van der Waals surface area (Å²) in [4.78, 5) is 35.6. The number of benzene rings is 1. The molecule has 1 aliphatic rings. The normalized spacial score (nSPS) is 14.0. The van der Waals surface area contributed by atoms with E-state index in [1.807, 2.05) is 49.3 Å². The van der Waals surface area contributed by atoms with Crippen LogP contribution in [0.15, 0.2) is 45.3 Å². The molecule has 0 saturated heterocycles. The maximum Gasteiger partial charge on any atom is 0.267 e. The van der Waals surface area contributed by atoms with Crippen LogP contribution in [0.25, 0.3) is 10.2 Å². The summed E-state index contributed by atoms with van der Waals surface area (Å²) in [5.74, 6) is 0.873. The molecule has 0 fully saturated rings. The molecule has 10 heteroatoms. The summed E-state index contributed by atoms with van der Waals surface area (Å²) < 4.78 is 0. The predicted octanol–water partition coefficient (Wildman–Crippen LogP) is 2.59. The van der Waals surface area contributed by atoms with Crippen LogP contribution in [-0.4, -0.2) is 51.5 Å². The maximum absolute atomic E-state index is 12.8. The zero-order valence-electron chi connectivity index (χ0n) is 16.7. The first-order valence-corrected chi connectivity index (χ1v) is 11.0. The van der Waals surface area contributed by atoms with Crippen molar-refractivity contribution in [1.82, 2.24) is 20.2 Å². The highest BCUT2D eigenvalue weighted by Gasteiger charge is 2.22. The molecule has 1 aromatic carbocycles. The van der Waals surface area contributed by atoms with Gasteiger partial charge < -0.3 is 9.88 Å². The summed E-state index contributed by atoms with van der Waals surface area (Å²) in [6.45, 7) is 2.27. The fourth-order valence-electron chi connectivity index (χ4n) is 3.07. The second-order valence-corrected chi connectivity index (χ2v) is 9.01. The molecule has 0 unspecified atom stereocenters. The highest BCUT2D eigenvalue weighted by Crippen LogP contribution is 2.27. The van der Waals surface area contributed by atoms with E-state index >= 15 is 0 Å². The Bertz CT molecular complexity index is 1230. The van der Waals surface area contributed by atoms with Gasteiger partial charge in [-0.15, -0.1) is 16.4 Å². The lowest BCUT2D eigenvalue weighted by Crippen LogP contribution is -2.30. The molecule has 0 spiro atoms. The molecule has 0 radical (unpaired) electrons. The minimum absolute atomic E-state index is 0.230. The van der Waals surface area contributed by atoms with Crippen molar-refractivity contribution in [2.75, 3.05) is 19.8 Å². The van der Waals surface area contributed by atoms with Crippen molar-refractivity contribution in [3.63, 3.8) is 0 Å². The fraction of sp³-hybridized carbons (Fsp3) is 0.250. The van der Waals surface area contributed by atoms with Crippen LogP contribution in [0, 0.1) is 6.92 Å². The zero-order valence-corrected chi connectivity index (χ0v) is 18.4. The topological polar surface area (TPSA) is 103 Å². The first-order valence-electron chi connectivity index (χ1n) is 9.23. The first-order chi connectivity index (χ1) is 14.4. The minimum Gasteiger partial charge on any atom is -0.309 e. The van der Waals surface area contributed by atoms with Gasteiger partial charge in [-0.2, -0.15) is 5.10 Å². The molecule has 0 aliphatic carbocycles. The van der Waals surface area contributed by atoms with Gasteiger partial charge in [0.15, 0.2) is 5.17 Å². The van der Waals surface area contributed by atoms with Gasteiger partial charge in [0.05, 0.1) is 22.5 Å². The summed E-state index contributed by atoms with van der Waals surface area (Å²) in [7, 11) is 3.80. The van der Waals surface area contributed by atoms with Crippen LogP contribution >= 0.6 is 23.1 Å². The number of nitrogens with zero attached hydrogens (tertiary/aromatic N) is 4. The monoisotopic (exact) mass is 440 g/mol. The molecule has 0 atom stereocenters. The molecule has 3 aromatic rings. The van der Waals surface area contributed by atoms with Crippen LogP contribution in [0.4, 0.5) is 0 Å². The smallest absolute Gasteiger partial charge is 0.267 e. The number of aryl methyl sites for hydroxylation is 1. The largest absolute Gasteiger partial charge is 0.309 e. The van der Waals surface area contributed by atoms with Gasteiger partial charge in [-0.1, -0.05) is 42.1 Å². The standard InChI is InChI=1S/C20H20N6O2S2/c1-11-15-17(27)21-14(9-26(2)3)22-19(15)30-16(11)18(28)23-20-25-24-13(10-29-20)12-7-5-4-6-8-12/h4-8H,9-10H2,1-3H3,(H,21,22,27)(H,23,25,28). The van der Waals surface area contributed by atoms with Crippen molar-refractivity contribution in [2.24, 2.45) is 10.2 Å². The Morgan fingerprint density at radius 1 is 1.23 bits per heavy atom. The van der Waals surface area contributed by atoms with E-state index in [4.69, 9.17) is 0 Å². The van der Waals surface area contributed by atoms with Crippen molar-refractivity contribution in [1.29, 1.82) is 0 Å². The quantitative estimate of drug-likeness (QED) is 0.649. The highest BCUT2D eigenvalue weighted by molar-refractivity contribution is 8.14. The molecule has 0 saturated carbocycles. The van der Waals surface area contributed by atoms with Crippen LogP contribution < -0.4 is 10.9 Å². The lowest BCUT2D eigenvalue weighted by atomic mass is 10.1. The van der Waals surface area contributed by atoms with E-state index in [9.17, 15) is 9.59 Å². The predicted molar refractivity (Wildman–Crippen MR) is 123 cm³/mol. The van der Waals surface area contributed by atoms with Gasteiger partial charge in [0, 0.05) is 5.75 Å². The summed E-state index contributed by atoms with van der Waals surface area (Å²) in [5.41, 5.74) is 2.26. The third kappa shape index (κ3) is 4.20. The van der Waals surface area contributed by atoms with Crippen molar-refractivity contribution in [3.05, 3.63) is 62.5 Å². The van der Waals surface area contributed by atoms with Gasteiger partial charge in [0.1, 0.15) is 10.7 Å². The Hall–Kier alpha value is -2.82. The van der Waals surface area contributed by atoms with Crippen LogP contribution in [0.1, 0.15) is 26.6 Å². The highest BCUT2D eigenvalue weighted by atomic mass is 32.2. The number of nitrogens with one attached hydrogen (secondary N) is 2. The van der Waals surface area contributed by atoms with E-state index in [0.717, 1.165) is 11.3 Å². The van der Waals surface area contributed by atoms with Gasteiger partial charge in [0.2, 0.25) is 0 Å². The molecule has 154 valence electrons. The molecule has 1 amide bonds. The Kier molecular flexibility index (Phi) is 5.80. The number of carbonyl (C=O) groups is 1.